The highest BCUT2D eigenvalue weighted by atomic mass is 16.5. The number of nitrogens with zero attached hydrogens (tertiary/aromatic N) is 2. The number of hydrogen-bond donors (Lipinski definition) is 1. The molecule has 2 aliphatic rings. The first-order chi connectivity index (χ1) is 16.5. The minimum absolute atomic E-state index is 0.0828. The Hall–Kier alpha value is -2.90. The molecule has 0 aromatic heterocycles. The highest BCUT2D eigenvalue weighted by Gasteiger charge is 2.33. The van der Waals surface area contributed by atoms with Crippen molar-refractivity contribution in [2.45, 2.75) is 45.8 Å². The van der Waals surface area contributed by atoms with Gasteiger partial charge in [0.05, 0.1) is 19.3 Å². The maximum atomic E-state index is 13.1. The third-order valence-electron chi connectivity index (χ3n) is 6.46. The molecule has 1 N–H and O–H groups in total. The Balaban J connectivity index is 1.59. The van der Waals surface area contributed by atoms with Crippen molar-refractivity contribution in [1.29, 1.82) is 0 Å². The predicted molar refractivity (Wildman–Crippen MR) is 130 cm³/mol. The number of morpholine rings is 1. The smallest absolute Gasteiger partial charge is 0.275 e. The lowest BCUT2D eigenvalue weighted by molar-refractivity contribution is -0.136. The average Bonchev–Trinajstić information content (AvgIpc) is 2.87. The minimum atomic E-state index is -0.604. The van der Waals surface area contributed by atoms with Crippen LogP contribution in [-0.2, 0) is 20.7 Å². The fraction of sp³-hybridized carbons (Fsp3) is 0.481. The summed E-state index contributed by atoms with van der Waals surface area (Å²) >= 11 is 0. The molecule has 0 aliphatic carbocycles. The second-order valence-electron chi connectivity index (χ2n) is 9.20. The molecule has 2 amide bonds. The molecule has 2 heterocycles. The standard InChI is InChI=1S/C27H35N3O4/c1-4-24(26(31)28-29-14-16-33-17-15-29)34-22-11-10-20-12-13-30(27(32)19(2)3)25(23(20)18-22)21-8-6-5-7-9-21/h5-11,18-19,24-25H,4,12-17H2,1-3H3,(H,28,31). The normalized spacial score (nSPS) is 19.4. The molecule has 4 rings (SSSR count). The van der Waals surface area contributed by atoms with Gasteiger partial charge in [0.1, 0.15) is 5.75 Å². The van der Waals surface area contributed by atoms with Crippen LogP contribution in [0.2, 0.25) is 0 Å². The van der Waals surface area contributed by atoms with Gasteiger partial charge >= 0.3 is 0 Å². The van der Waals surface area contributed by atoms with Crippen LogP contribution in [0.1, 0.15) is 49.9 Å². The Kier molecular flexibility index (Phi) is 7.85. The number of carbonyl (C=O) groups is 2. The van der Waals surface area contributed by atoms with Gasteiger partial charge in [-0.1, -0.05) is 57.2 Å². The number of fused-ring (bicyclic) bond motifs is 1. The Morgan fingerprint density at radius 3 is 2.50 bits per heavy atom. The second kappa shape index (κ2) is 11.0. The van der Waals surface area contributed by atoms with E-state index in [1.165, 1.54) is 5.56 Å². The van der Waals surface area contributed by atoms with Gasteiger partial charge in [-0.15, -0.1) is 0 Å². The molecule has 34 heavy (non-hydrogen) atoms. The molecule has 2 aromatic carbocycles. The molecule has 0 radical (unpaired) electrons. The zero-order chi connectivity index (χ0) is 24.1. The number of benzene rings is 2. The SMILES string of the molecule is CCC(Oc1ccc2c(c1)C(c1ccccc1)N(C(=O)C(C)C)CC2)C(=O)NN1CCOCC1. The van der Waals surface area contributed by atoms with Crippen molar-refractivity contribution in [1.82, 2.24) is 15.3 Å². The molecule has 0 spiro atoms. The lowest BCUT2D eigenvalue weighted by Crippen LogP contribution is -2.52. The lowest BCUT2D eigenvalue weighted by Gasteiger charge is -2.39. The van der Waals surface area contributed by atoms with Gasteiger partial charge in [0.15, 0.2) is 6.10 Å². The van der Waals surface area contributed by atoms with Crippen LogP contribution in [-0.4, -0.2) is 60.7 Å². The van der Waals surface area contributed by atoms with E-state index in [0.717, 1.165) is 17.5 Å². The van der Waals surface area contributed by atoms with Gasteiger partial charge in [-0.25, -0.2) is 5.01 Å². The van der Waals surface area contributed by atoms with Crippen LogP contribution in [0.4, 0.5) is 0 Å². The van der Waals surface area contributed by atoms with E-state index < -0.39 is 6.10 Å². The molecule has 2 unspecified atom stereocenters. The third-order valence-corrected chi connectivity index (χ3v) is 6.46. The third kappa shape index (κ3) is 5.42. The first-order valence-corrected chi connectivity index (χ1v) is 12.3. The topological polar surface area (TPSA) is 71.1 Å². The largest absolute Gasteiger partial charge is 0.481 e. The summed E-state index contributed by atoms with van der Waals surface area (Å²) in [5, 5.41) is 1.88. The molecule has 0 saturated carbocycles. The molecule has 2 aromatic rings. The fourth-order valence-corrected chi connectivity index (χ4v) is 4.62. The van der Waals surface area contributed by atoms with E-state index in [9.17, 15) is 9.59 Å². The van der Waals surface area contributed by atoms with E-state index in [0.29, 0.717) is 45.0 Å². The van der Waals surface area contributed by atoms with E-state index in [2.05, 4.69) is 23.6 Å². The maximum Gasteiger partial charge on any atom is 0.275 e. The molecular weight excluding hydrogens is 430 g/mol. The molecule has 182 valence electrons. The van der Waals surface area contributed by atoms with Crippen molar-refractivity contribution in [3.63, 3.8) is 0 Å². The van der Waals surface area contributed by atoms with Crippen molar-refractivity contribution >= 4 is 11.8 Å². The van der Waals surface area contributed by atoms with Crippen molar-refractivity contribution in [2.24, 2.45) is 5.92 Å². The summed E-state index contributed by atoms with van der Waals surface area (Å²) < 4.78 is 11.5. The summed E-state index contributed by atoms with van der Waals surface area (Å²) in [6.07, 6.45) is 0.743. The molecule has 2 aliphatic heterocycles. The summed E-state index contributed by atoms with van der Waals surface area (Å²) in [7, 11) is 0. The summed E-state index contributed by atoms with van der Waals surface area (Å²) in [4.78, 5) is 28.0. The first-order valence-electron chi connectivity index (χ1n) is 12.3. The Morgan fingerprint density at radius 1 is 1.09 bits per heavy atom. The van der Waals surface area contributed by atoms with Gasteiger partial charge < -0.3 is 14.4 Å². The first kappa shape index (κ1) is 24.2. The number of nitrogens with one attached hydrogen (secondary N) is 1. The van der Waals surface area contributed by atoms with E-state index in [4.69, 9.17) is 9.47 Å². The highest BCUT2D eigenvalue weighted by molar-refractivity contribution is 5.81. The number of hydrogen-bond acceptors (Lipinski definition) is 5. The number of carbonyl (C=O) groups excluding carboxylic acids is 2. The Morgan fingerprint density at radius 2 is 1.82 bits per heavy atom. The second-order valence-corrected chi connectivity index (χ2v) is 9.20. The molecule has 7 heteroatoms. The van der Waals surface area contributed by atoms with E-state index in [1.807, 2.05) is 61.0 Å². The van der Waals surface area contributed by atoms with Crippen LogP contribution < -0.4 is 10.2 Å². The lowest BCUT2D eigenvalue weighted by atomic mass is 9.87. The quantitative estimate of drug-likeness (QED) is 0.679. The monoisotopic (exact) mass is 465 g/mol. The van der Waals surface area contributed by atoms with E-state index in [1.54, 1.807) is 0 Å². The Labute approximate surface area is 202 Å². The van der Waals surface area contributed by atoms with Crippen molar-refractivity contribution in [3.05, 3.63) is 65.2 Å². The molecule has 1 saturated heterocycles. The van der Waals surface area contributed by atoms with Gasteiger partial charge in [0.25, 0.3) is 5.91 Å². The maximum absolute atomic E-state index is 13.1. The minimum Gasteiger partial charge on any atom is -0.481 e. The highest BCUT2D eigenvalue weighted by Crippen LogP contribution is 2.38. The zero-order valence-corrected chi connectivity index (χ0v) is 20.3. The number of amides is 2. The van der Waals surface area contributed by atoms with Gasteiger partial charge in [0.2, 0.25) is 5.91 Å². The van der Waals surface area contributed by atoms with Gasteiger partial charge in [-0.05, 0) is 41.7 Å². The van der Waals surface area contributed by atoms with Crippen molar-refractivity contribution < 1.29 is 19.1 Å². The number of rotatable bonds is 7. The summed E-state index contributed by atoms with van der Waals surface area (Å²) in [5.74, 6) is 0.545. The zero-order valence-electron chi connectivity index (χ0n) is 20.3. The summed E-state index contributed by atoms with van der Waals surface area (Å²) in [5.41, 5.74) is 6.30. The molecule has 1 fully saturated rings. The summed E-state index contributed by atoms with van der Waals surface area (Å²) in [6, 6.07) is 16.0. The van der Waals surface area contributed by atoms with Crippen molar-refractivity contribution in [2.75, 3.05) is 32.8 Å². The Bertz CT molecular complexity index is 989. The van der Waals surface area contributed by atoms with E-state index >= 15 is 0 Å². The predicted octanol–water partition coefficient (Wildman–Crippen LogP) is 3.34. The molecule has 0 bridgehead atoms. The van der Waals surface area contributed by atoms with Crippen LogP contribution in [0.3, 0.4) is 0 Å². The van der Waals surface area contributed by atoms with Crippen LogP contribution in [0.5, 0.6) is 5.75 Å². The molecular formula is C27H35N3O4. The summed E-state index contributed by atoms with van der Waals surface area (Å²) in [6.45, 7) is 9.06. The van der Waals surface area contributed by atoms with Crippen LogP contribution in [0.25, 0.3) is 0 Å². The van der Waals surface area contributed by atoms with E-state index in [-0.39, 0.29) is 23.8 Å². The molecule has 7 nitrogen and oxygen atoms in total. The number of hydrazine groups is 1. The van der Waals surface area contributed by atoms with Crippen LogP contribution in [0.15, 0.2) is 48.5 Å². The van der Waals surface area contributed by atoms with Crippen LogP contribution >= 0.6 is 0 Å². The molecule has 2 atom stereocenters. The van der Waals surface area contributed by atoms with Crippen molar-refractivity contribution in [3.8, 4) is 5.75 Å². The van der Waals surface area contributed by atoms with Crippen LogP contribution in [0, 0.1) is 5.92 Å². The van der Waals surface area contributed by atoms with Gasteiger partial charge in [0, 0.05) is 25.6 Å². The van der Waals surface area contributed by atoms with Gasteiger partial charge in [-0.3, -0.25) is 15.0 Å². The fourth-order valence-electron chi connectivity index (χ4n) is 4.62. The average molecular weight is 466 g/mol. The van der Waals surface area contributed by atoms with Gasteiger partial charge in [-0.2, -0.15) is 0 Å². The number of ether oxygens (including phenoxy) is 2.